The Hall–Kier alpha value is -2.91. The van der Waals surface area contributed by atoms with Crippen LogP contribution in [-0.4, -0.2) is 56.3 Å². The topological polar surface area (TPSA) is 103 Å². The van der Waals surface area contributed by atoms with E-state index in [1.807, 2.05) is 0 Å². The van der Waals surface area contributed by atoms with Gasteiger partial charge in [0.2, 0.25) is 5.91 Å². The monoisotopic (exact) mass is 385 g/mol. The van der Waals surface area contributed by atoms with Crippen molar-refractivity contribution in [2.24, 2.45) is 16.8 Å². The van der Waals surface area contributed by atoms with Crippen molar-refractivity contribution in [2.75, 3.05) is 26.8 Å². The summed E-state index contributed by atoms with van der Waals surface area (Å²) in [7, 11) is 1.32. The van der Waals surface area contributed by atoms with E-state index in [-0.39, 0.29) is 35.8 Å². The minimum Gasteiger partial charge on any atom is -0.493 e. The van der Waals surface area contributed by atoms with Crippen molar-refractivity contribution < 1.29 is 32.7 Å². The standard InChI is InChI=1S/C17H21F2N3O5/c1-25-14-8-11(2-3-13(14)27-17(18)19)9-21-26-10-15(23)22-6-4-12(5-7-22)16(20)24/h2-3,8-9,12,17H,4-7,10H2,1H3,(H2,20,24)/b21-9+. The predicted molar refractivity (Wildman–Crippen MR) is 91.7 cm³/mol. The molecule has 2 N–H and O–H groups in total. The number of nitrogens with zero attached hydrogens (tertiary/aromatic N) is 2. The second-order valence-electron chi connectivity index (χ2n) is 5.85. The molecule has 27 heavy (non-hydrogen) atoms. The molecule has 10 heteroatoms. The average Bonchev–Trinajstić information content (AvgIpc) is 2.65. The summed E-state index contributed by atoms with van der Waals surface area (Å²) in [4.78, 5) is 29.7. The molecular weight excluding hydrogens is 364 g/mol. The molecule has 148 valence electrons. The highest BCUT2D eigenvalue weighted by Gasteiger charge is 2.25. The summed E-state index contributed by atoms with van der Waals surface area (Å²) in [6.07, 6.45) is 2.40. The SMILES string of the molecule is COc1cc(/C=N/OCC(=O)N2CCC(C(N)=O)CC2)ccc1OC(F)F. The van der Waals surface area contributed by atoms with Gasteiger partial charge < -0.3 is 24.9 Å². The van der Waals surface area contributed by atoms with Crippen molar-refractivity contribution in [3.63, 3.8) is 0 Å². The van der Waals surface area contributed by atoms with Crippen molar-refractivity contribution in [3.05, 3.63) is 23.8 Å². The third kappa shape index (κ3) is 6.08. The maximum Gasteiger partial charge on any atom is 0.387 e. The molecular formula is C17H21F2N3O5. The Labute approximate surface area is 154 Å². The summed E-state index contributed by atoms with van der Waals surface area (Å²) in [6, 6.07) is 4.25. The fourth-order valence-corrected chi connectivity index (χ4v) is 2.65. The number of carbonyl (C=O) groups is 2. The summed E-state index contributed by atoms with van der Waals surface area (Å²) >= 11 is 0. The van der Waals surface area contributed by atoms with Gasteiger partial charge in [-0.05, 0) is 31.0 Å². The highest BCUT2D eigenvalue weighted by molar-refractivity contribution is 5.81. The number of oxime groups is 1. The van der Waals surface area contributed by atoms with Crippen LogP contribution in [0.15, 0.2) is 23.4 Å². The van der Waals surface area contributed by atoms with Crippen LogP contribution in [0.2, 0.25) is 0 Å². The van der Waals surface area contributed by atoms with Gasteiger partial charge in [-0.2, -0.15) is 8.78 Å². The first kappa shape index (κ1) is 20.4. The Balaban J connectivity index is 1.82. The maximum absolute atomic E-state index is 12.3. The molecule has 1 aliphatic heterocycles. The number of hydrogen-bond acceptors (Lipinski definition) is 6. The maximum atomic E-state index is 12.3. The largest absolute Gasteiger partial charge is 0.493 e. The molecule has 0 spiro atoms. The van der Waals surface area contributed by atoms with Gasteiger partial charge >= 0.3 is 6.61 Å². The first-order valence-corrected chi connectivity index (χ1v) is 8.26. The molecule has 0 aromatic heterocycles. The molecule has 1 aromatic rings. The fourth-order valence-electron chi connectivity index (χ4n) is 2.65. The number of amides is 2. The molecule has 1 saturated heterocycles. The molecule has 2 rings (SSSR count). The highest BCUT2D eigenvalue weighted by atomic mass is 19.3. The van der Waals surface area contributed by atoms with E-state index in [0.29, 0.717) is 31.5 Å². The Bertz CT molecular complexity index is 691. The zero-order valence-electron chi connectivity index (χ0n) is 14.8. The van der Waals surface area contributed by atoms with E-state index in [9.17, 15) is 18.4 Å². The lowest BCUT2D eigenvalue weighted by atomic mass is 9.96. The van der Waals surface area contributed by atoms with Crippen LogP contribution >= 0.6 is 0 Å². The van der Waals surface area contributed by atoms with E-state index in [0.717, 1.165) is 0 Å². The Morgan fingerprint density at radius 3 is 2.63 bits per heavy atom. The van der Waals surface area contributed by atoms with Crippen LogP contribution in [0.3, 0.4) is 0 Å². The second-order valence-corrected chi connectivity index (χ2v) is 5.85. The second kappa shape index (κ2) is 9.70. The molecule has 1 aromatic carbocycles. The summed E-state index contributed by atoms with van der Waals surface area (Å²) < 4.78 is 33.9. The number of primary amides is 1. The van der Waals surface area contributed by atoms with Crippen LogP contribution in [0, 0.1) is 5.92 Å². The number of benzene rings is 1. The smallest absolute Gasteiger partial charge is 0.387 e. The van der Waals surface area contributed by atoms with Gasteiger partial charge in [-0.15, -0.1) is 0 Å². The molecule has 1 aliphatic rings. The lowest BCUT2D eigenvalue weighted by Crippen LogP contribution is -2.43. The number of nitrogens with two attached hydrogens (primary N) is 1. The zero-order chi connectivity index (χ0) is 19.8. The Kier molecular flexibility index (Phi) is 7.33. The molecule has 0 bridgehead atoms. The lowest BCUT2D eigenvalue weighted by Gasteiger charge is -2.30. The van der Waals surface area contributed by atoms with Crippen molar-refractivity contribution >= 4 is 18.0 Å². The third-order valence-corrected chi connectivity index (χ3v) is 4.12. The number of hydrogen-bond donors (Lipinski definition) is 1. The van der Waals surface area contributed by atoms with Crippen LogP contribution in [0.1, 0.15) is 18.4 Å². The van der Waals surface area contributed by atoms with E-state index in [2.05, 4.69) is 9.89 Å². The number of alkyl halides is 2. The quantitative estimate of drug-likeness (QED) is 0.538. The van der Waals surface area contributed by atoms with E-state index < -0.39 is 6.61 Å². The van der Waals surface area contributed by atoms with Gasteiger partial charge in [0.25, 0.3) is 5.91 Å². The molecule has 0 unspecified atom stereocenters. The number of halogens is 2. The lowest BCUT2D eigenvalue weighted by molar-refractivity contribution is -0.139. The van der Waals surface area contributed by atoms with Crippen molar-refractivity contribution in [1.29, 1.82) is 0 Å². The van der Waals surface area contributed by atoms with Crippen LogP contribution in [-0.2, 0) is 14.4 Å². The molecule has 0 atom stereocenters. The van der Waals surface area contributed by atoms with Crippen molar-refractivity contribution in [3.8, 4) is 11.5 Å². The molecule has 0 radical (unpaired) electrons. The summed E-state index contributed by atoms with van der Waals surface area (Å²) in [5.41, 5.74) is 5.77. The molecule has 0 saturated carbocycles. The van der Waals surface area contributed by atoms with Crippen LogP contribution in [0.5, 0.6) is 11.5 Å². The molecule has 1 heterocycles. The fraction of sp³-hybridized carbons (Fsp3) is 0.471. The van der Waals surface area contributed by atoms with Gasteiger partial charge in [0.05, 0.1) is 13.3 Å². The number of methoxy groups -OCH3 is 1. The minimum atomic E-state index is -2.96. The number of likely N-dealkylation sites (tertiary alicyclic amines) is 1. The van der Waals surface area contributed by atoms with E-state index in [1.165, 1.54) is 31.5 Å². The molecule has 0 aliphatic carbocycles. The summed E-state index contributed by atoms with van der Waals surface area (Å²) in [5, 5.41) is 3.69. The van der Waals surface area contributed by atoms with Crippen LogP contribution < -0.4 is 15.2 Å². The van der Waals surface area contributed by atoms with E-state index in [1.54, 1.807) is 4.90 Å². The first-order chi connectivity index (χ1) is 12.9. The number of piperidine rings is 1. The van der Waals surface area contributed by atoms with Crippen molar-refractivity contribution in [1.82, 2.24) is 4.90 Å². The predicted octanol–water partition coefficient (Wildman–Crippen LogP) is 1.37. The first-order valence-electron chi connectivity index (χ1n) is 8.26. The molecule has 8 nitrogen and oxygen atoms in total. The molecule has 2 amide bonds. The summed E-state index contributed by atoms with van der Waals surface area (Å²) in [5.74, 6) is -0.760. The number of carbonyl (C=O) groups excluding carboxylic acids is 2. The Morgan fingerprint density at radius 2 is 2.04 bits per heavy atom. The number of ether oxygens (including phenoxy) is 2. The van der Waals surface area contributed by atoms with Gasteiger partial charge in [-0.25, -0.2) is 0 Å². The van der Waals surface area contributed by atoms with E-state index >= 15 is 0 Å². The average molecular weight is 385 g/mol. The minimum absolute atomic E-state index is 0.0971. The summed E-state index contributed by atoms with van der Waals surface area (Å²) in [6.45, 7) is -2.31. The highest BCUT2D eigenvalue weighted by Crippen LogP contribution is 2.28. The third-order valence-electron chi connectivity index (χ3n) is 4.12. The Morgan fingerprint density at radius 1 is 1.33 bits per heavy atom. The van der Waals surface area contributed by atoms with Gasteiger partial charge in [0, 0.05) is 24.6 Å². The van der Waals surface area contributed by atoms with Gasteiger partial charge in [0.15, 0.2) is 18.1 Å². The molecule has 1 fully saturated rings. The van der Waals surface area contributed by atoms with E-state index in [4.69, 9.17) is 15.3 Å². The van der Waals surface area contributed by atoms with Gasteiger partial charge in [-0.1, -0.05) is 5.16 Å². The van der Waals surface area contributed by atoms with Gasteiger partial charge in [0.1, 0.15) is 0 Å². The van der Waals surface area contributed by atoms with Crippen LogP contribution in [0.4, 0.5) is 8.78 Å². The number of rotatable bonds is 8. The van der Waals surface area contributed by atoms with Gasteiger partial charge in [-0.3, -0.25) is 9.59 Å². The normalized spacial score (nSPS) is 15.2. The van der Waals surface area contributed by atoms with Crippen molar-refractivity contribution in [2.45, 2.75) is 19.5 Å². The van der Waals surface area contributed by atoms with Crippen LogP contribution in [0.25, 0.3) is 0 Å². The zero-order valence-corrected chi connectivity index (χ0v) is 14.8.